The first-order chi connectivity index (χ1) is 12.4. The summed E-state index contributed by atoms with van der Waals surface area (Å²) in [5, 5.41) is 9.06. The van der Waals surface area contributed by atoms with Crippen molar-refractivity contribution in [1.82, 2.24) is 15.0 Å². The van der Waals surface area contributed by atoms with E-state index in [0.29, 0.717) is 17.4 Å². The molecule has 3 rings (SSSR count). The van der Waals surface area contributed by atoms with Gasteiger partial charge in [-0.3, -0.25) is 9.69 Å². The number of amides is 1. The number of aromatic nitrogens is 2. The van der Waals surface area contributed by atoms with E-state index < -0.39 is 0 Å². The van der Waals surface area contributed by atoms with Gasteiger partial charge in [-0.05, 0) is 45.2 Å². The first-order valence-corrected chi connectivity index (χ1v) is 8.92. The van der Waals surface area contributed by atoms with Crippen molar-refractivity contribution in [2.75, 3.05) is 18.9 Å². The van der Waals surface area contributed by atoms with E-state index in [2.05, 4.69) is 15.5 Å². The molecule has 26 heavy (non-hydrogen) atoms. The van der Waals surface area contributed by atoms with Crippen LogP contribution in [-0.2, 0) is 11.3 Å². The molecule has 6 nitrogen and oxygen atoms in total. The first kappa shape index (κ1) is 18.2. The third-order valence-corrected chi connectivity index (χ3v) is 4.67. The van der Waals surface area contributed by atoms with Gasteiger partial charge in [-0.25, -0.2) is 9.37 Å². The number of rotatable bonds is 6. The lowest BCUT2D eigenvalue weighted by Crippen LogP contribution is -2.30. The molecular formula is C18H19FN4O2S. The molecule has 0 atom stereocenters. The second-order valence-corrected chi connectivity index (χ2v) is 6.93. The number of aryl methyl sites for hydroxylation is 2. The van der Waals surface area contributed by atoms with Gasteiger partial charge in [0.15, 0.2) is 5.13 Å². The van der Waals surface area contributed by atoms with Crippen LogP contribution in [0.3, 0.4) is 0 Å². The maximum absolute atomic E-state index is 13.0. The monoisotopic (exact) mass is 374 g/mol. The second kappa shape index (κ2) is 7.76. The highest BCUT2D eigenvalue weighted by Gasteiger charge is 2.15. The molecule has 2 aromatic heterocycles. The zero-order chi connectivity index (χ0) is 18.7. The van der Waals surface area contributed by atoms with Crippen LogP contribution in [-0.4, -0.2) is 34.5 Å². The molecular weight excluding hydrogens is 355 g/mol. The van der Waals surface area contributed by atoms with Crippen LogP contribution in [0.2, 0.25) is 0 Å². The van der Waals surface area contributed by atoms with Crippen molar-refractivity contribution in [2.45, 2.75) is 20.4 Å². The predicted octanol–water partition coefficient (Wildman–Crippen LogP) is 3.62. The molecule has 0 spiro atoms. The Balaban J connectivity index is 1.57. The maximum atomic E-state index is 13.0. The van der Waals surface area contributed by atoms with Gasteiger partial charge in [-0.2, -0.15) is 0 Å². The molecule has 136 valence electrons. The number of nitrogens with one attached hydrogen (secondary N) is 1. The van der Waals surface area contributed by atoms with Crippen molar-refractivity contribution in [2.24, 2.45) is 0 Å². The van der Waals surface area contributed by atoms with Gasteiger partial charge in [-0.15, -0.1) is 11.3 Å². The molecule has 8 heteroatoms. The van der Waals surface area contributed by atoms with E-state index in [-0.39, 0.29) is 18.3 Å². The summed E-state index contributed by atoms with van der Waals surface area (Å²) in [4.78, 5) is 18.5. The van der Waals surface area contributed by atoms with Gasteiger partial charge in [0.25, 0.3) is 0 Å². The molecule has 0 aliphatic rings. The fourth-order valence-electron chi connectivity index (χ4n) is 2.54. The Morgan fingerprint density at radius 3 is 2.69 bits per heavy atom. The SMILES string of the molecule is Cc1noc(C)c1CN(C)CC(=O)Nc1nc(-c2ccc(F)cc2)cs1. The summed E-state index contributed by atoms with van der Waals surface area (Å²) in [6.45, 7) is 4.53. The van der Waals surface area contributed by atoms with Crippen LogP contribution in [0.4, 0.5) is 9.52 Å². The van der Waals surface area contributed by atoms with Crippen LogP contribution in [0, 0.1) is 19.7 Å². The average Bonchev–Trinajstić information content (AvgIpc) is 3.17. The molecule has 1 N–H and O–H groups in total. The Hall–Kier alpha value is -2.58. The molecule has 0 saturated heterocycles. The smallest absolute Gasteiger partial charge is 0.240 e. The minimum absolute atomic E-state index is 0.153. The van der Waals surface area contributed by atoms with Crippen LogP contribution in [0.15, 0.2) is 34.2 Å². The highest BCUT2D eigenvalue weighted by Crippen LogP contribution is 2.25. The van der Waals surface area contributed by atoms with Gasteiger partial charge in [-0.1, -0.05) is 5.16 Å². The molecule has 1 aromatic carbocycles. The Morgan fingerprint density at radius 1 is 1.31 bits per heavy atom. The number of benzene rings is 1. The van der Waals surface area contributed by atoms with E-state index >= 15 is 0 Å². The number of carbonyl (C=O) groups is 1. The number of hydrogen-bond acceptors (Lipinski definition) is 6. The van der Waals surface area contributed by atoms with Gasteiger partial charge >= 0.3 is 0 Å². The summed E-state index contributed by atoms with van der Waals surface area (Å²) in [5.41, 5.74) is 3.33. The third-order valence-electron chi connectivity index (χ3n) is 3.91. The molecule has 0 bridgehead atoms. The minimum atomic E-state index is -0.293. The van der Waals surface area contributed by atoms with Crippen LogP contribution in [0.5, 0.6) is 0 Å². The number of halogens is 1. The molecule has 1 amide bonds. The topological polar surface area (TPSA) is 71.3 Å². The maximum Gasteiger partial charge on any atom is 0.240 e. The number of thiazole rings is 1. The lowest BCUT2D eigenvalue weighted by Gasteiger charge is -2.15. The minimum Gasteiger partial charge on any atom is -0.361 e. The molecule has 0 radical (unpaired) electrons. The number of hydrogen-bond donors (Lipinski definition) is 1. The Kier molecular flexibility index (Phi) is 5.43. The summed E-state index contributed by atoms with van der Waals surface area (Å²) in [5.74, 6) is 0.316. The summed E-state index contributed by atoms with van der Waals surface area (Å²) in [7, 11) is 1.86. The van der Waals surface area contributed by atoms with E-state index in [4.69, 9.17) is 4.52 Å². The Morgan fingerprint density at radius 2 is 2.04 bits per heavy atom. The third kappa shape index (κ3) is 4.33. The summed E-state index contributed by atoms with van der Waals surface area (Å²) in [6, 6.07) is 6.09. The van der Waals surface area contributed by atoms with Crippen molar-refractivity contribution < 1.29 is 13.7 Å². The first-order valence-electron chi connectivity index (χ1n) is 8.04. The molecule has 3 aromatic rings. The zero-order valence-corrected chi connectivity index (χ0v) is 15.6. The molecule has 0 saturated carbocycles. The molecule has 0 aliphatic heterocycles. The number of likely N-dealkylation sites (N-methyl/N-ethyl adjacent to an activating group) is 1. The lowest BCUT2D eigenvalue weighted by molar-refractivity contribution is -0.117. The van der Waals surface area contributed by atoms with Crippen molar-refractivity contribution in [3.63, 3.8) is 0 Å². The number of anilines is 1. The van der Waals surface area contributed by atoms with Crippen LogP contribution < -0.4 is 5.32 Å². The summed E-state index contributed by atoms with van der Waals surface area (Å²) in [6.07, 6.45) is 0. The molecule has 0 unspecified atom stereocenters. The van der Waals surface area contributed by atoms with Gasteiger partial charge in [0.2, 0.25) is 5.91 Å². The van der Waals surface area contributed by atoms with Gasteiger partial charge in [0.05, 0.1) is 17.9 Å². The van der Waals surface area contributed by atoms with Crippen molar-refractivity contribution in [3.05, 3.63) is 52.5 Å². The van der Waals surface area contributed by atoms with Crippen LogP contribution in [0.1, 0.15) is 17.0 Å². The van der Waals surface area contributed by atoms with Gasteiger partial charge in [0.1, 0.15) is 11.6 Å². The average molecular weight is 374 g/mol. The van der Waals surface area contributed by atoms with E-state index in [9.17, 15) is 9.18 Å². The second-order valence-electron chi connectivity index (χ2n) is 6.07. The predicted molar refractivity (Wildman–Crippen MR) is 98.4 cm³/mol. The molecule has 2 heterocycles. The van der Waals surface area contributed by atoms with Crippen LogP contribution >= 0.6 is 11.3 Å². The zero-order valence-electron chi connectivity index (χ0n) is 14.7. The van der Waals surface area contributed by atoms with Crippen molar-refractivity contribution >= 4 is 22.4 Å². The summed E-state index contributed by atoms with van der Waals surface area (Å²) < 4.78 is 18.1. The fraction of sp³-hybridized carbons (Fsp3) is 0.278. The van der Waals surface area contributed by atoms with Gasteiger partial charge < -0.3 is 9.84 Å². The molecule has 0 aliphatic carbocycles. The number of nitrogens with zero attached hydrogens (tertiary/aromatic N) is 3. The van der Waals surface area contributed by atoms with Gasteiger partial charge in [0, 0.05) is 23.1 Å². The highest BCUT2D eigenvalue weighted by atomic mass is 32.1. The Labute approximate surface area is 154 Å². The Bertz CT molecular complexity index is 885. The largest absolute Gasteiger partial charge is 0.361 e. The van der Waals surface area contributed by atoms with E-state index in [1.165, 1.54) is 23.5 Å². The van der Waals surface area contributed by atoms with Crippen LogP contribution in [0.25, 0.3) is 11.3 Å². The van der Waals surface area contributed by atoms with E-state index in [0.717, 1.165) is 22.6 Å². The van der Waals surface area contributed by atoms with Crippen molar-refractivity contribution in [3.8, 4) is 11.3 Å². The lowest BCUT2D eigenvalue weighted by atomic mass is 10.2. The van der Waals surface area contributed by atoms with Crippen molar-refractivity contribution in [1.29, 1.82) is 0 Å². The standard InChI is InChI=1S/C18H19FN4O2S/c1-11-15(12(2)25-22-11)8-23(3)9-17(24)21-18-20-16(10-26-18)13-4-6-14(19)7-5-13/h4-7,10H,8-9H2,1-3H3,(H,20,21,24). The van der Waals surface area contributed by atoms with E-state index in [1.54, 1.807) is 12.1 Å². The summed E-state index contributed by atoms with van der Waals surface area (Å²) >= 11 is 1.33. The van der Waals surface area contributed by atoms with E-state index in [1.807, 2.05) is 31.2 Å². The molecule has 0 fully saturated rings. The highest BCUT2D eigenvalue weighted by molar-refractivity contribution is 7.14. The number of carbonyl (C=O) groups excluding carboxylic acids is 1. The normalized spacial score (nSPS) is 11.1. The quantitative estimate of drug-likeness (QED) is 0.713. The fourth-order valence-corrected chi connectivity index (χ4v) is 3.28.